The number of para-hydroxylation sites is 1. The molecular formula is C8H7ClNO. The van der Waals surface area contributed by atoms with Crippen molar-refractivity contribution < 1.29 is 4.79 Å². The lowest BCUT2D eigenvalue weighted by atomic mass is 10.2. The fraction of sp³-hybridized carbons (Fsp3) is 0.125. The molecule has 1 amide bonds. The third-order valence-electron chi connectivity index (χ3n) is 1.40. The number of nitrogens with one attached hydrogen (secondary N) is 1. The monoisotopic (exact) mass is 168 g/mol. The molecule has 0 aliphatic carbocycles. The Hall–Kier alpha value is -1.02. The Balaban J connectivity index is 3.09. The van der Waals surface area contributed by atoms with E-state index in [1.807, 2.05) is 19.1 Å². The lowest BCUT2D eigenvalue weighted by Crippen LogP contribution is -1.96. The molecule has 3 heteroatoms. The van der Waals surface area contributed by atoms with Crippen LogP contribution in [0, 0.1) is 6.92 Å². The average molecular weight is 169 g/mol. The highest BCUT2D eigenvalue weighted by Gasteiger charge is 2.00. The van der Waals surface area contributed by atoms with Crippen LogP contribution in [0.3, 0.4) is 0 Å². The summed E-state index contributed by atoms with van der Waals surface area (Å²) in [5.41, 5.74) is 1.56. The molecule has 1 N–H and O–H groups in total. The topological polar surface area (TPSA) is 29.1 Å². The standard InChI is InChI=1S/C8H7ClNO/c1-6-3-2-4-7(9)8(6)10-5-11/h2-4H,1H3,(H,10,11). The summed E-state index contributed by atoms with van der Waals surface area (Å²) < 4.78 is 0. The molecule has 1 radical (unpaired) electrons. The van der Waals surface area contributed by atoms with Gasteiger partial charge >= 0.3 is 6.41 Å². The van der Waals surface area contributed by atoms with Gasteiger partial charge in [0.05, 0.1) is 10.7 Å². The maximum atomic E-state index is 9.98. The molecule has 0 saturated carbocycles. The van der Waals surface area contributed by atoms with Crippen molar-refractivity contribution in [1.82, 2.24) is 0 Å². The molecule has 0 spiro atoms. The van der Waals surface area contributed by atoms with E-state index in [-0.39, 0.29) is 0 Å². The van der Waals surface area contributed by atoms with Gasteiger partial charge in [-0.25, -0.2) is 0 Å². The number of benzene rings is 1. The van der Waals surface area contributed by atoms with Gasteiger partial charge in [-0.15, -0.1) is 0 Å². The van der Waals surface area contributed by atoms with E-state index in [1.54, 1.807) is 12.5 Å². The van der Waals surface area contributed by atoms with Gasteiger partial charge in [0.25, 0.3) is 0 Å². The zero-order valence-corrected chi connectivity index (χ0v) is 6.77. The van der Waals surface area contributed by atoms with Gasteiger partial charge in [0.1, 0.15) is 0 Å². The van der Waals surface area contributed by atoms with E-state index >= 15 is 0 Å². The Labute approximate surface area is 70.2 Å². The summed E-state index contributed by atoms with van der Waals surface area (Å²) in [5.74, 6) is 0. The summed E-state index contributed by atoms with van der Waals surface area (Å²) >= 11 is 5.77. The summed E-state index contributed by atoms with van der Waals surface area (Å²) in [7, 11) is 0. The molecule has 1 aromatic carbocycles. The number of aryl methyl sites for hydroxylation is 1. The summed E-state index contributed by atoms with van der Waals surface area (Å²) in [5, 5.41) is 2.94. The maximum Gasteiger partial charge on any atom is 0.314 e. The first-order valence-electron chi connectivity index (χ1n) is 3.14. The smallest absolute Gasteiger partial charge is 0.314 e. The number of anilines is 1. The molecule has 0 heterocycles. The first-order chi connectivity index (χ1) is 5.25. The SMILES string of the molecule is Cc1cccc(Cl)c1N[C]=O. The van der Waals surface area contributed by atoms with Crippen molar-refractivity contribution >= 4 is 23.7 Å². The minimum absolute atomic E-state index is 0.536. The molecule has 0 bridgehead atoms. The average Bonchev–Trinajstić information content (AvgIpc) is 1.97. The van der Waals surface area contributed by atoms with E-state index in [1.165, 1.54) is 0 Å². The molecule has 11 heavy (non-hydrogen) atoms. The highest BCUT2D eigenvalue weighted by molar-refractivity contribution is 6.33. The summed E-state index contributed by atoms with van der Waals surface area (Å²) in [6.45, 7) is 1.87. The van der Waals surface area contributed by atoms with Crippen molar-refractivity contribution in [1.29, 1.82) is 0 Å². The molecule has 0 unspecified atom stereocenters. The van der Waals surface area contributed by atoms with Gasteiger partial charge in [0.2, 0.25) is 0 Å². The number of rotatable bonds is 2. The third-order valence-corrected chi connectivity index (χ3v) is 1.71. The first-order valence-corrected chi connectivity index (χ1v) is 3.52. The van der Waals surface area contributed by atoms with Crippen LogP contribution in [0.25, 0.3) is 0 Å². The maximum absolute atomic E-state index is 9.98. The second kappa shape index (κ2) is 3.39. The molecule has 1 rings (SSSR count). The minimum atomic E-state index is 0.536. The second-order valence-electron chi connectivity index (χ2n) is 2.16. The van der Waals surface area contributed by atoms with Crippen LogP contribution in [0.5, 0.6) is 0 Å². The Morgan fingerprint density at radius 2 is 2.27 bits per heavy atom. The first kappa shape index (κ1) is 8.08. The zero-order valence-electron chi connectivity index (χ0n) is 6.02. The zero-order chi connectivity index (χ0) is 8.27. The fourth-order valence-corrected chi connectivity index (χ4v) is 1.11. The highest BCUT2D eigenvalue weighted by Crippen LogP contribution is 2.24. The van der Waals surface area contributed by atoms with Crippen LogP contribution in [-0.2, 0) is 4.79 Å². The predicted octanol–water partition coefficient (Wildman–Crippen LogP) is 2.13. The summed E-state index contributed by atoms with van der Waals surface area (Å²) in [6, 6.07) is 5.41. The van der Waals surface area contributed by atoms with Crippen LogP contribution in [0.4, 0.5) is 5.69 Å². The van der Waals surface area contributed by atoms with Gasteiger partial charge in [-0.05, 0) is 18.6 Å². The van der Waals surface area contributed by atoms with Crippen molar-refractivity contribution in [2.24, 2.45) is 0 Å². The van der Waals surface area contributed by atoms with Crippen molar-refractivity contribution in [3.05, 3.63) is 28.8 Å². The van der Waals surface area contributed by atoms with E-state index in [9.17, 15) is 4.79 Å². The molecule has 2 nitrogen and oxygen atoms in total. The number of hydrogen-bond donors (Lipinski definition) is 1. The van der Waals surface area contributed by atoms with Gasteiger partial charge in [0.15, 0.2) is 0 Å². The number of amides is 1. The van der Waals surface area contributed by atoms with Crippen molar-refractivity contribution in [3.8, 4) is 0 Å². The molecule has 0 aliphatic rings. The van der Waals surface area contributed by atoms with Gasteiger partial charge in [-0.2, -0.15) is 0 Å². The molecule has 0 atom stereocenters. The van der Waals surface area contributed by atoms with Gasteiger partial charge in [-0.1, -0.05) is 23.7 Å². The fourth-order valence-electron chi connectivity index (χ4n) is 0.841. The number of carbonyl (C=O) groups excluding carboxylic acids is 1. The summed E-state index contributed by atoms with van der Waals surface area (Å²) in [6.07, 6.45) is 1.58. The highest BCUT2D eigenvalue weighted by atomic mass is 35.5. The van der Waals surface area contributed by atoms with Crippen LogP contribution < -0.4 is 5.32 Å². The molecule has 0 saturated heterocycles. The van der Waals surface area contributed by atoms with Crippen LogP contribution >= 0.6 is 11.6 Å². The largest absolute Gasteiger partial charge is 0.316 e. The molecule has 57 valence electrons. The Kier molecular flexibility index (Phi) is 2.49. The van der Waals surface area contributed by atoms with Gasteiger partial charge in [0, 0.05) is 0 Å². The van der Waals surface area contributed by atoms with E-state index in [0.717, 1.165) is 5.56 Å². The van der Waals surface area contributed by atoms with Crippen molar-refractivity contribution in [2.45, 2.75) is 6.92 Å². The number of halogens is 1. The van der Waals surface area contributed by atoms with Crippen molar-refractivity contribution in [2.75, 3.05) is 5.32 Å². The number of hydrogen-bond acceptors (Lipinski definition) is 1. The molecule has 0 fully saturated rings. The van der Waals surface area contributed by atoms with E-state index < -0.39 is 0 Å². The molecule has 1 aromatic rings. The van der Waals surface area contributed by atoms with Crippen LogP contribution in [0.2, 0.25) is 5.02 Å². The Morgan fingerprint density at radius 3 is 2.82 bits per heavy atom. The Bertz CT molecular complexity index is 253. The molecular weight excluding hydrogens is 162 g/mol. The third kappa shape index (κ3) is 1.71. The van der Waals surface area contributed by atoms with E-state index in [4.69, 9.17) is 11.6 Å². The van der Waals surface area contributed by atoms with Gasteiger partial charge in [-0.3, -0.25) is 4.79 Å². The molecule has 0 aromatic heterocycles. The van der Waals surface area contributed by atoms with E-state index in [2.05, 4.69) is 5.32 Å². The quantitative estimate of drug-likeness (QED) is 0.674. The van der Waals surface area contributed by atoms with Crippen molar-refractivity contribution in [3.63, 3.8) is 0 Å². The second-order valence-corrected chi connectivity index (χ2v) is 2.57. The van der Waals surface area contributed by atoms with E-state index in [0.29, 0.717) is 10.7 Å². The Morgan fingerprint density at radius 1 is 1.55 bits per heavy atom. The summed E-state index contributed by atoms with van der Waals surface area (Å²) in [4.78, 5) is 9.98. The minimum Gasteiger partial charge on any atom is -0.316 e. The van der Waals surface area contributed by atoms with Gasteiger partial charge < -0.3 is 5.32 Å². The van der Waals surface area contributed by atoms with Crippen LogP contribution in [-0.4, -0.2) is 6.41 Å². The lowest BCUT2D eigenvalue weighted by Gasteiger charge is -2.03. The van der Waals surface area contributed by atoms with Crippen LogP contribution in [0.1, 0.15) is 5.56 Å². The normalized spacial score (nSPS) is 9.27. The predicted molar refractivity (Wildman–Crippen MR) is 45.5 cm³/mol. The molecule has 0 aliphatic heterocycles. The van der Waals surface area contributed by atoms with Crippen LogP contribution in [0.15, 0.2) is 18.2 Å². The lowest BCUT2D eigenvalue weighted by molar-refractivity contribution is 0.561.